The van der Waals surface area contributed by atoms with Crippen LogP contribution in [0.4, 0.5) is 11.4 Å². The van der Waals surface area contributed by atoms with Crippen molar-refractivity contribution in [2.45, 2.75) is 39.5 Å². The summed E-state index contributed by atoms with van der Waals surface area (Å²) < 4.78 is 0. The molecule has 0 heterocycles. The number of amides is 1. The quantitative estimate of drug-likeness (QED) is 0.504. The van der Waals surface area contributed by atoms with E-state index in [9.17, 15) is 29.8 Å². The Morgan fingerprint density at radius 3 is 1.70 bits per heavy atom. The predicted molar refractivity (Wildman–Crippen MR) is 109 cm³/mol. The first-order valence-corrected chi connectivity index (χ1v) is 9.06. The zero-order chi connectivity index (χ0) is 22.9. The summed E-state index contributed by atoms with van der Waals surface area (Å²) in [6, 6.07) is 4.84. The van der Waals surface area contributed by atoms with Gasteiger partial charge in [-0.1, -0.05) is 39.8 Å². The maximum absolute atomic E-state index is 12.3. The Hall–Kier alpha value is -3.82. The van der Waals surface area contributed by atoms with Crippen LogP contribution in [0.25, 0.3) is 11.1 Å². The molecule has 0 spiro atoms. The fraction of sp³-hybridized carbons (Fsp3) is 0.300. The van der Waals surface area contributed by atoms with Crippen molar-refractivity contribution in [2.24, 2.45) is 5.73 Å². The number of primary amides is 1. The van der Waals surface area contributed by atoms with Gasteiger partial charge < -0.3 is 10.8 Å². The Kier molecular flexibility index (Phi) is 6.20. The van der Waals surface area contributed by atoms with Gasteiger partial charge in [-0.2, -0.15) is 0 Å². The fourth-order valence-corrected chi connectivity index (χ4v) is 3.62. The van der Waals surface area contributed by atoms with Crippen molar-refractivity contribution in [2.75, 3.05) is 0 Å². The third-order valence-corrected chi connectivity index (χ3v) is 4.71. The van der Waals surface area contributed by atoms with Crippen molar-refractivity contribution < 1.29 is 24.5 Å². The Balaban J connectivity index is 3.20. The van der Waals surface area contributed by atoms with E-state index in [0.717, 1.165) is 0 Å². The van der Waals surface area contributed by atoms with Crippen molar-refractivity contribution in [1.29, 1.82) is 0 Å². The second kappa shape index (κ2) is 8.27. The first-order chi connectivity index (χ1) is 13.9. The van der Waals surface area contributed by atoms with Crippen LogP contribution in [0.1, 0.15) is 71.4 Å². The number of nitro groups is 2. The summed E-state index contributed by atoms with van der Waals surface area (Å²) >= 11 is 0. The second-order valence-corrected chi connectivity index (χ2v) is 7.34. The number of hydrogen-bond donors (Lipinski definition) is 2. The lowest BCUT2D eigenvalue weighted by Gasteiger charge is -2.21. The number of aromatic carboxylic acids is 1. The number of nitro benzene ring substituents is 2. The Morgan fingerprint density at radius 2 is 1.37 bits per heavy atom. The number of rotatable bonds is 7. The number of carboxylic acids is 1. The number of nitrogens with zero attached hydrogens (tertiary/aromatic N) is 2. The molecule has 10 heteroatoms. The maximum atomic E-state index is 12.3. The fourth-order valence-electron chi connectivity index (χ4n) is 3.62. The van der Waals surface area contributed by atoms with Crippen molar-refractivity contribution >= 4 is 23.3 Å². The summed E-state index contributed by atoms with van der Waals surface area (Å²) in [5.74, 6) is -3.18. The lowest BCUT2D eigenvalue weighted by molar-refractivity contribution is -0.393. The van der Waals surface area contributed by atoms with Gasteiger partial charge in [-0.05, 0) is 35.1 Å². The van der Waals surface area contributed by atoms with Gasteiger partial charge in [0, 0.05) is 5.56 Å². The Labute approximate surface area is 171 Å². The van der Waals surface area contributed by atoms with Crippen molar-refractivity contribution in [3.63, 3.8) is 0 Å². The molecule has 0 fully saturated rings. The molecule has 0 aliphatic rings. The largest absolute Gasteiger partial charge is 0.478 e. The van der Waals surface area contributed by atoms with Crippen LogP contribution in [0.15, 0.2) is 24.3 Å². The van der Waals surface area contributed by atoms with Gasteiger partial charge in [0.1, 0.15) is 11.1 Å². The van der Waals surface area contributed by atoms with Crippen LogP contribution in [-0.4, -0.2) is 26.8 Å². The molecule has 0 aromatic heterocycles. The number of carbonyl (C=O) groups is 2. The molecule has 10 nitrogen and oxygen atoms in total. The summed E-state index contributed by atoms with van der Waals surface area (Å²) in [6.07, 6.45) is 0. The number of benzene rings is 2. The zero-order valence-corrected chi connectivity index (χ0v) is 16.8. The minimum Gasteiger partial charge on any atom is -0.478 e. The van der Waals surface area contributed by atoms with Crippen LogP contribution in [0, 0.1) is 20.2 Å². The minimum atomic E-state index is -1.22. The van der Waals surface area contributed by atoms with Crippen molar-refractivity contribution in [3.8, 4) is 11.1 Å². The first kappa shape index (κ1) is 22.5. The molecule has 2 aromatic carbocycles. The number of hydrogen-bond acceptors (Lipinski definition) is 6. The standard InChI is InChI=1S/C20H21N3O7/c1-9(2)13-14(10(3)4)17(22(27)28)15(18(23(29)30)16(13)19(21)24)11-5-7-12(8-6-11)20(25)26/h5-10H,1-4H3,(H2,21,24)(H,25,26). The van der Waals surface area contributed by atoms with Crippen LogP contribution in [0.5, 0.6) is 0 Å². The average Bonchev–Trinajstić information content (AvgIpc) is 2.64. The van der Waals surface area contributed by atoms with Gasteiger partial charge in [-0.25, -0.2) is 4.79 Å². The molecule has 1 amide bonds. The van der Waals surface area contributed by atoms with E-state index >= 15 is 0 Å². The van der Waals surface area contributed by atoms with Gasteiger partial charge in [-0.3, -0.25) is 25.0 Å². The molecule has 0 aliphatic heterocycles. The van der Waals surface area contributed by atoms with Crippen LogP contribution in [0.2, 0.25) is 0 Å². The molecule has 0 saturated carbocycles. The SMILES string of the molecule is CC(C)c1c(C(N)=O)c([N+](=O)[O-])c(-c2ccc(C(=O)O)cc2)c([N+](=O)[O-])c1C(C)C. The van der Waals surface area contributed by atoms with Gasteiger partial charge >= 0.3 is 5.97 Å². The topological polar surface area (TPSA) is 167 Å². The highest BCUT2D eigenvalue weighted by molar-refractivity contribution is 6.05. The first-order valence-electron chi connectivity index (χ1n) is 9.06. The van der Waals surface area contributed by atoms with E-state index in [1.165, 1.54) is 24.3 Å². The molecule has 0 radical (unpaired) electrons. The molecule has 0 unspecified atom stereocenters. The van der Waals surface area contributed by atoms with Crippen LogP contribution >= 0.6 is 0 Å². The number of carboxylic acid groups (broad SMARTS) is 1. The van der Waals surface area contributed by atoms with Gasteiger partial charge in [0.05, 0.1) is 15.4 Å². The van der Waals surface area contributed by atoms with Crippen LogP contribution in [-0.2, 0) is 0 Å². The van der Waals surface area contributed by atoms with E-state index in [-0.39, 0.29) is 33.4 Å². The van der Waals surface area contributed by atoms with E-state index in [0.29, 0.717) is 0 Å². The molecule has 0 aliphatic carbocycles. The second-order valence-electron chi connectivity index (χ2n) is 7.34. The third-order valence-electron chi connectivity index (χ3n) is 4.71. The molecule has 3 N–H and O–H groups in total. The summed E-state index contributed by atoms with van der Waals surface area (Å²) in [4.78, 5) is 46.0. The van der Waals surface area contributed by atoms with Crippen LogP contribution < -0.4 is 5.73 Å². The highest BCUT2D eigenvalue weighted by Gasteiger charge is 2.40. The molecule has 2 aromatic rings. The number of nitrogens with two attached hydrogens (primary N) is 1. The molecule has 2 rings (SSSR count). The zero-order valence-electron chi connectivity index (χ0n) is 16.8. The average molecular weight is 415 g/mol. The van der Waals surface area contributed by atoms with E-state index in [1.54, 1.807) is 27.7 Å². The summed E-state index contributed by atoms with van der Waals surface area (Å²) in [5.41, 5.74) is 3.81. The summed E-state index contributed by atoms with van der Waals surface area (Å²) in [5, 5.41) is 33.2. The van der Waals surface area contributed by atoms with E-state index in [4.69, 9.17) is 10.8 Å². The van der Waals surface area contributed by atoms with Gasteiger partial charge in [0.2, 0.25) is 0 Å². The van der Waals surface area contributed by atoms with Crippen molar-refractivity contribution in [3.05, 3.63) is 66.7 Å². The highest BCUT2D eigenvalue weighted by atomic mass is 16.6. The molecular weight excluding hydrogens is 394 g/mol. The lowest BCUT2D eigenvalue weighted by atomic mass is 9.80. The third kappa shape index (κ3) is 3.84. The molecule has 0 atom stereocenters. The van der Waals surface area contributed by atoms with E-state index in [2.05, 4.69) is 0 Å². The molecule has 0 bridgehead atoms. The normalized spacial score (nSPS) is 11.0. The van der Waals surface area contributed by atoms with Crippen molar-refractivity contribution in [1.82, 2.24) is 0 Å². The highest BCUT2D eigenvalue weighted by Crippen LogP contribution is 2.49. The Bertz CT molecular complexity index is 1060. The summed E-state index contributed by atoms with van der Waals surface area (Å²) in [7, 11) is 0. The minimum absolute atomic E-state index is 0.0399. The van der Waals surface area contributed by atoms with Gasteiger partial charge in [0.25, 0.3) is 17.3 Å². The molecule has 0 saturated heterocycles. The van der Waals surface area contributed by atoms with E-state index in [1.807, 2.05) is 0 Å². The predicted octanol–water partition coefficient (Wildman–Crippen LogP) is 4.21. The van der Waals surface area contributed by atoms with Crippen LogP contribution in [0.3, 0.4) is 0 Å². The monoisotopic (exact) mass is 415 g/mol. The molecule has 30 heavy (non-hydrogen) atoms. The van der Waals surface area contributed by atoms with Gasteiger partial charge in [-0.15, -0.1) is 0 Å². The summed E-state index contributed by atoms with van der Waals surface area (Å²) in [6.45, 7) is 6.70. The Morgan fingerprint density at radius 1 is 0.900 bits per heavy atom. The van der Waals surface area contributed by atoms with Gasteiger partial charge in [0.15, 0.2) is 0 Å². The molecule has 158 valence electrons. The molecular formula is C20H21N3O7. The maximum Gasteiger partial charge on any atom is 0.335 e. The lowest BCUT2D eigenvalue weighted by Crippen LogP contribution is -2.21. The number of carbonyl (C=O) groups excluding carboxylic acids is 1. The smallest absolute Gasteiger partial charge is 0.335 e. The van der Waals surface area contributed by atoms with E-state index < -0.39 is 44.9 Å².